The van der Waals surface area contributed by atoms with Gasteiger partial charge >= 0.3 is 0 Å². The zero-order chi connectivity index (χ0) is 12.4. The van der Waals surface area contributed by atoms with Crippen LogP contribution in [0, 0.1) is 6.92 Å². The van der Waals surface area contributed by atoms with Gasteiger partial charge in [-0.05, 0) is 53.4 Å². The van der Waals surface area contributed by atoms with Crippen LogP contribution in [0.15, 0.2) is 43.0 Å². The van der Waals surface area contributed by atoms with Crippen LogP contribution in [0.4, 0.5) is 11.4 Å². The standard InChI is InChI=1S/C15H16N2/c1-3-11-9-13(17)5-7-15(11)14-6-4-12(16)8-10(14)2/h3-9H,1,16-17H2,2H3. The Morgan fingerprint density at radius 1 is 0.941 bits per heavy atom. The lowest BCUT2D eigenvalue weighted by Gasteiger charge is -2.11. The summed E-state index contributed by atoms with van der Waals surface area (Å²) in [4.78, 5) is 0. The molecule has 2 rings (SSSR count). The second kappa shape index (κ2) is 4.34. The Labute approximate surface area is 102 Å². The van der Waals surface area contributed by atoms with E-state index in [0.717, 1.165) is 33.6 Å². The fourth-order valence-corrected chi connectivity index (χ4v) is 1.98. The molecule has 0 unspecified atom stereocenters. The quantitative estimate of drug-likeness (QED) is 0.767. The van der Waals surface area contributed by atoms with Crippen molar-refractivity contribution in [2.75, 3.05) is 11.5 Å². The highest BCUT2D eigenvalue weighted by molar-refractivity contribution is 5.79. The number of nitrogens with two attached hydrogens (primary N) is 2. The fraction of sp³-hybridized carbons (Fsp3) is 0.0667. The van der Waals surface area contributed by atoms with Gasteiger partial charge in [-0.2, -0.15) is 0 Å². The summed E-state index contributed by atoms with van der Waals surface area (Å²) in [6, 6.07) is 11.8. The van der Waals surface area contributed by atoms with Crippen molar-refractivity contribution >= 4 is 17.5 Å². The summed E-state index contributed by atoms with van der Waals surface area (Å²) >= 11 is 0. The number of benzene rings is 2. The molecule has 0 aliphatic heterocycles. The normalized spacial score (nSPS) is 10.2. The lowest BCUT2D eigenvalue weighted by atomic mass is 9.95. The van der Waals surface area contributed by atoms with E-state index in [1.807, 2.05) is 42.5 Å². The molecule has 0 saturated heterocycles. The topological polar surface area (TPSA) is 52.0 Å². The van der Waals surface area contributed by atoms with Crippen molar-refractivity contribution in [3.63, 3.8) is 0 Å². The first-order valence-corrected chi connectivity index (χ1v) is 5.50. The van der Waals surface area contributed by atoms with Gasteiger partial charge in [-0.1, -0.05) is 24.8 Å². The third-order valence-corrected chi connectivity index (χ3v) is 2.84. The van der Waals surface area contributed by atoms with Gasteiger partial charge in [0, 0.05) is 11.4 Å². The lowest BCUT2D eigenvalue weighted by Crippen LogP contribution is -1.92. The first kappa shape index (κ1) is 11.3. The summed E-state index contributed by atoms with van der Waals surface area (Å²) in [6.07, 6.45) is 1.82. The highest BCUT2D eigenvalue weighted by atomic mass is 14.5. The second-order valence-electron chi connectivity index (χ2n) is 4.13. The van der Waals surface area contributed by atoms with Crippen molar-refractivity contribution in [2.24, 2.45) is 0 Å². The van der Waals surface area contributed by atoms with Crippen LogP contribution in [0.1, 0.15) is 11.1 Å². The lowest BCUT2D eigenvalue weighted by molar-refractivity contribution is 1.45. The van der Waals surface area contributed by atoms with Gasteiger partial charge in [0.15, 0.2) is 0 Å². The molecule has 2 heteroatoms. The number of hydrogen-bond acceptors (Lipinski definition) is 2. The van der Waals surface area contributed by atoms with Crippen LogP contribution in [0.5, 0.6) is 0 Å². The number of nitrogen functional groups attached to an aromatic ring is 2. The zero-order valence-electron chi connectivity index (χ0n) is 9.90. The molecular weight excluding hydrogens is 208 g/mol. The van der Waals surface area contributed by atoms with Gasteiger partial charge in [-0.25, -0.2) is 0 Å². The zero-order valence-corrected chi connectivity index (χ0v) is 9.90. The van der Waals surface area contributed by atoms with Crippen molar-refractivity contribution < 1.29 is 0 Å². The van der Waals surface area contributed by atoms with Crippen LogP contribution in [0.3, 0.4) is 0 Å². The molecule has 0 amide bonds. The molecule has 0 radical (unpaired) electrons. The first-order chi connectivity index (χ1) is 8.11. The predicted molar refractivity (Wildman–Crippen MR) is 75.5 cm³/mol. The molecule has 0 fully saturated rings. The molecular formula is C15H16N2. The van der Waals surface area contributed by atoms with Gasteiger partial charge in [0.05, 0.1) is 0 Å². The monoisotopic (exact) mass is 224 g/mol. The van der Waals surface area contributed by atoms with Crippen molar-refractivity contribution in [1.82, 2.24) is 0 Å². The summed E-state index contributed by atoms with van der Waals surface area (Å²) in [5.74, 6) is 0. The summed E-state index contributed by atoms with van der Waals surface area (Å²) < 4.78 is 0. The van der Waals surface area contributed by atoms with E-state index in [-0.39, 0.29) is 0 Å². The molecule has 2 aromatic carbocycles. The molecule has 0 aliphatic carbocycles. The largest absolute Gasteiger partial charge is 0.399 e. The van der Waals surface area contributed by atoms with E-state index < -0.39 is 0 Å². The Morgan fingerprint density at radius 3 is 2.12 bits per heavy atom. The smallest absolute Gasteiger partial charge is 0.0320 e. The number of anilines is 2. The molecule has 86 valence electrons. The molecule has 0 saturated carbocycles. The number of aryl methyl sites for hydroxylation is 1. The van der Waals surface area contributed by atoms with Crippen LogP contribution in [0.25, 0.3) is 17.2 Å². The van der Waals surface area contributed by atoms with Gasteiger partial charge in [0.25, 0.3) is 0 Å². The van der Waals surface area contributed by atoms with Crippen LogP contribution in [-0.4, -0.2) is 0 Å². The van der Waals surface area contributed by atoms with E-state index >= 15 is 0 Å². The van der Waals surface area contributed by atoms with E-state index in [9.17, 15) is 0 Å². The number of hydrogen-bond donors (Lipinski definition) is 2. The van der Waals surface area contributed by atoms with Gasteiger partial charge in [0.1, 0.15) is 0 Å². The minimum atomic E-state index is 0.747. The average molecular weight is 224 g/mol. The average Bonchev–Trinajstić information content (AvgIpc) is 2.30. The fourth-order valence-electron chi connectivity index (χ4n) is 1.98. The van der Waals surface area contributed by atoms with Crippen LogP contribution < -0.4 is 11.5 Å². The van der Waals surface area contributed by atoms with Gasteiger partial charge in [0.2, 0.25) is 0 Å². The van der Waals surface area contributed by atoms with Gasteiger partial charge < -0.3 is 11.5 Å². The van der Waals surface area contributed by atoms with Crippen molar-refractivity contribution in [1.29, 1.82) is 0 Å². The highest BCUT2D eigenvalue weighted by Crippen LogP contribution is 2.30. The van der Waals surface area contributed by atoms with Crippen molar-refractivity contribution in [3.05, 3.63) is 54.1 Å². The maximum atomic E-state index is 5.78. The van der Waals surface area contributed by atoms with Crippen LogP contribution in [0.2, 0.25) is 0 Å². The Morgan fingerprint density at radius 2 is 1.53 bits per heavy atom. The van der Waals surface area contributed by atoms with E-state index in [1.54, 1.807) is 0 Å². The van der Waals surface area contributed by atoms with Gasteiger partial charge in [-0.3, -0.25) is 0 Å². The van der Waals surface area contributed by atoms with Crippen molar-refractivity contribution in [2.45, 2.75) is 6.92 Å². The molecule has 2 nitrogen and oxygen atoms in total. The molecule has 0 bridgehead atoms. The SMILES string of the molecule is C=Cc1cc(N)ccc1-c1ccc(N)cc1C. The summed E-state index contributed by atoms with van der Waals surface area (Å²) in [5.41, 5.74) is 17.5. The summed E-state index contributed by atoms with van der Waals surface area (Å²) in [5, 5.41) is 0. The minimum absolute atomic E-state index is 0.747. The Kier molecular flexibility index (Phi) is 2.88. The molecule has 0 aromatic heterocycles. The molecule has 17 heavy (non-hydrogen) atoms. The van der Waals surface area contributed by atoms with Crippen LogP contribution >= 0.6 is 0 Å². The predicted octanol–water partition coefficient (Wildman–Crippen LogP) is 3.47. The third-order valence-electron chi connectivity index (χ3n) is 2.84. The van der Waals surface area contributed by atoms with Gasteiger partial charge in [-0.15, -0.1) is 0 Å². The number of rotatable bonds is 2. The maximum absolute atomic E-state index is 5.78. The Hall–Kier alpha value is -2.22. The summed E-state index contributed by atoms with van der Waals surface area (Å²) in [7, 11) is 0. The second-order valence-corrected chi connectivity index (χ2v) is 4.13. The van der Waals surface area contributed by atoms with E-state index in [1.165, 1.54) is 0 Å². The molecule has 0 heterocycles. The summed E-state index contributed by atoms with van der Waals surface area (Å²) in [6.45, 7) is 5.88. The maximum Gasteiger partial charge on any atom is 0.0320 e. The molecule has 4 N–H and O–H groups in total. The molecule has 0 spiro atoms. The van der Waals surface area contributed by atoms with Crippen molar-refractivity contribution in [3.8, 4) is 11.1 Å². The Bertz CT molecular complexity index is 571. The van der Waals surface area contributed by atoms with E-state index in [4.69, 9.17) is 11.5 Å². The third kappa shape index (κ3) is 2.16. The molecule has 0 atom stereocenters. The Balaban J connectivity index is 2.63. The minimum Gasteiger partial charge on any atom is -0.399 e. The highest BCUT2D eigenvalue weighted by Gasteiger charge is 2.06. The van der Waals surface area contributed by atoms with Crippen LogP contribution in [-0.2, 0) is 0 Å². The molecule has 2 aromatic rings. The van der Waals surface area contributed by atoms with E-state index in [0.29, 0.717) is 0 Å². The molecule has 0 aliphatic rings. The first-order valence-electron chi connectivity index (χ1n) is 5.50. The van der Waals surface area contributed by atoms with E-state index in [2.05, 4.69) is 13.5 Å².